The first-order chi connectivity index (χ1) is 29.5. The van der Waals surface area contributed by atoms with E-state index in [0.29, 0.717) is 21.6 Å². The van der Waals surface area contributed by atoms with Gasteiger partial charge in [0, 0.05) is 65.6 Å². The van der Waals surface area contributed by atoms with E-state index >= 15 is 0 Å². The Kier molecular flexibility index (Phi) is 14.0. The molecule has 3 heterocycles. The van der Waals surface area contributed by atoms with E-state index in [1.807, 2.05) is 6.92 Å². The molecule has 0 unspecified atom stereocenters. The summed E-state index contributed by atoms with van der Waals surface area (Å²) >= 11 is 1.22. The first kappa shape index (κ1) is 44.9. The maximum Gasteiger partial charge on any atom is 0.410 e. The number of alkyl carbamates (subject to hydrolysis) is 1. The number of carbonyl (C=O) groups is 4. The number of fused-ring (bicyclic) bond motifs is 1. The van der Waals surface area contributed by atoms with E-state index in [0.717, 1.165) is 0 Å². The van der Waals surface area contributed by atoms with Crippen molar-refractivity contribution >= 4 is 52.9 Å². The Morgan fingerprint density at radius 3 is 1.77 bits per heavy atom. The predicted octanol–water partition coefficient (Wildman–Crippen LogP) is 4.71. The molecule has 3 aliphatic heterocycles. The van der Waals surface area contributed by atoms with E-state index in [4.69, 9.17) is 14.2 Å². The summed E-state index contributed by atoms with van der Waals surface area (Å²) in [6.45, 7) is 2.55. The number of nitrogens with one attached hydrogen (secondary N) is 1. The summed E-state index contributed by atoms with van der Waals surface area (Å²) in [5, 5.41) is 57.1. The SMILES string of the molecule is C[C@@H](O)[C@H]1C(=O)N2C(C(=O)OCc3ccc([N+](=O)[O-])cc3)=C(S[C@H]3C[C@@H]([C@H](O)CCNC(=O)OCc4ccc([N+](=O)[O-])cc4)N(C(=O)OCc4ccc([N+](=O)[O-])cc4)C3)[C@H](C)[C@H]12. The van der Waals surface area contributed by atoms with Crippen molar-refractivity contribution in [2.45, 2.75) is 76.1 Å². The smallest absolute Gasteiger partial charge is 0.410 e. The summed E-state index contributed by atoms with van der Waals surface area (Å²) in [6.07, 6.45) is -3.74. The van der Waals surface area contributed by atoms with Gasteiger partial charge in [0.05, 0.1) is 45.0 Å². The highest BCUT2D eigenvalue weighted by molar-refractivity contribution is 8.03. The van der Waals surface area contributed by atoms with E-state index in [2.05, 4.69) is 5.32 Å². The molecule has 2 fully saturated rings. The minimum Gasteiger partial charge on any atom is -0.456 e. The number of esters is 1. The molecule has 3 N–H and O–H groups in total. The zero-order valence-corrected chi connectivity index (χ0v) is 34.1. The topological polar surface area (TPSA) is 284 Å². The van der Waals surface area contributed by atoms with Crippen molar-refractivity contribution in [1.29, 1.82) is 0 Å². The average molecular weight is 879 g/mol. The fourth-order valence-corrected chi connectivity index (χ4v) is 9.17. The molecule has 7 atom stereocenters. The molecule has 0 saturated carbocycles. The minimum absolute atomic E-state index is 0.00990. The highest BCUT2D eigenvalue weighted by Gasteiger charge is 2.60. The number of β-lactam (4-membered cyclic amide) rings is 1. The molecule has 0 radical (unpaired) electrons. The molecule has 22 heteroatoms. The number of amides is 3. The third-order valence-electron chi connectivity index (χ3n) is 10.8. The molecule has 0 aromatic heterocycles. The molecule has 62 heavy (non-hydrogen) atoms. The van der Waals surface area contributed by atoms with Gasteiger partial charge in [-0.3, -0.25) is 35.1 Å². The van der Waals surface area contributed by atoms with Gasteiger partial charge in [-0.15, -0.1) is 11.8 Å². The van der Waals surface area contributed by atoms with Crippen LogP contribution in [0.15, 0.2) is 83.4 Å². The monoisotopic (exact) mass is 878 g/mol. The number of nitro groups is 3. The van der Waals surface area contributed by atoms with Crippen molar-refractivity contribution in [2.75, 3.05) is 13.1 Å². The highest BCUT2D eigenvalue weighted by atomic mass is 32.2. The largest absolute Gasteiger partial charge is 0.456 e. The highest BCUT2D eigenvalue weighted by Crippen LogP contribution is 2.52. The summed E-state index contributed by atoms with van der Waals surface area (Å²) < 4.78 is 16.4. The molecular formula is C40H42N6O15S. The lowest BCUT2D eigenvalue weighted by Crippen LogP contribution is -2.63. The van der Waals surface area contributed by atoms with Crippen LogP contribution in [0.3, 0.4) is 0 Å². The molecule has 0 spiro atoms. The Labute approximate surface area is 357 Å². The standard InChI is InChI=1S/C40H42N6O15S/c1-22-34-33(23(2)47)37(49)43(34)35(38(50)59-19-24-3-9-27(10-4-24)44(53)54)36(22)62-30-17-31(42(18-30)40(52)61-21-26-7-13-29(14-8-26)46(57)58)32(48)15-16-41-39(51)60-20-25-5-11-28(12-6-25)45(55)56/h3-14,22-23,30-34,47-48H,15-21H2,1-2H3,(H,41,51)/t22-,23-,30+,31+,32-,33-,34-/m1/s1. The third kappa shape index (κ3) is 10.1. The van der Waals surface area contributed by atoms with Crippen molar-refractivity contribution in [3.63, 3.8) is 0 Å². The van der Waals surface area contributed by atoms with Crippen molar-refractivity contribution in [3.8, 4) is 0 Å². The number of ether oxygens (including phenoxy) is 3. The maximum absolute atomic E-state index is 13.8. The summed E-state index contributed by atoms with van der Waals surface area (Å²) in [5.41, 5.74) is 0.984. The van der Waals surface area contributed by atoms with Crippen molar-refractivity contribution in [1.82, 2.24) is 15.1 Å². The quantitative estimate of drug-likeness (QED) is 0.0544. The summed E-state index contributed by atoms with van der Waals surface area (Å²) in [6, 6.07) is 14.8. The molecule has 3 amide bonds. The Morgan fingerprint density at radius 2 is 1.29 bits per heavy atom. The van der Waals surface area contributed by atoms with E-state index in [1.54, 1.807) is 0 Å². The van der Waals surface area contributed by atoms with Crippen LogP contribution in [0.2, 0.25) is 0 Å². The van der Waals surface area contributed by atoms with Crippen LogP contribution in [-0.4, -0.2) is 101 Å². The molecule has 3 aromatic rings. The third-order valence-corrected chi connectivity index (χ3v) is 12.3. The van der Waals surface area contributed by atoms with Gasteiger partial charge in [0.15, 0.2) is 0 Å². The zero-order valence-electron chi connectivity index (χ0n) is 33.3. The van der Waals surface area contributed by atoms with Gasteiger partial charge in [-0.1, -0.05) is 6.92 Å². The molecular weight excluding hydrogens is 837 g/mol. The second kappa shape index (κ2) is 19.4. The number of hydrogen-bond acceptors (Lipinski definition) is 16. The minimum atomic E-state index is -1.22. The number of aliphatic hydroxyl groups excluding tert-OH is 2. The number of likely N-dealkylation sites (tertiary alicyclic amines) is 1. The molecule has 0 aliphatic carbocycles. The Morgan fingerprint density at radius 1 is 0.806 bits per heavy atom. The molecule has 328 valence electrons. The van der Waals surface area contributed by atoms with Gasteiger partial charge < -0.3 is 39.5 Å². The van der Waals surface area contributed by atoms with E-state index in [9.17, 15) is 59.7 Å². The molecule has 3 aliphatic rings. The number of nitrogens with zero attached hydrogens (tertiary/aromatic N) is 5. The number of benzene rings is 3. The van der Waals surface area contributed by atoms with Crippen molar-refractivity contribution < 1.29 is 58.4 Å². The van der Waals surface area contributed by atoms with Gasteiger partial charge in [0.2, 0.25) is 5.91 Å². The van der Waals surface area contributed by atoms with Gasteiger partial charge in [0.25, 0.3) is 17.1 Å². The van der Waals surface area contributed by atoms with Gasteiger partial charge in [-0.05, 0) is 72.9 Å². The number of rotatable bonds is 17. The number of non-ortho nitro benzene ring substituents is 3. The first-order valence-corrected chi connectivity index (χ1v) is 20.2. The van der Waals surface area contributed by atoms with Crippen LogP contribution < -0.4 is 5.32 Å². The van der Waals surface area contributed by atoms with Gasteiger partial charge >= 0.3 is 18.2 Å². The molecule has 0 bridgehead atoms. The fourth-order valence-electron chi connectivity index (χ4n) is 7.64. The van der Waals surface area contributed by atoms with Crippen LogP contribution in [0.5, 0.6) is 0 Å². The van der Waals surface area contributed by atoms with Crippen LogP contribution >= 0.6 is 11.8 Å². The van der Waals surface area contributed by atoms with E-state index in [1.165, 1.54) is 101 Å². The Bertz CT molecular complexity index is 2240. The number of thioether (sulfide) groups is 1. The van der Waals surface area contributed by atoms with Crippen LogP contribution in [0.25, 0.3) is 0 Å². The summed E-state index contributed by atoms with van der Waals surface area (Å²) in [7, 11) is 0. The number of hydrogen-bond donors (Lipinski definition) is 3. The number of carbonyl (C=O) groups excluding carboxylic acids is 4. The van der Waals surface area contributed by atoms with Gasteiger partial charge in [-0.25, -0.2) is 14.4 Å². The molecule has 6 rings (SSSR count). The number of aliphatic hydroxyl groups is 2. The van der Waals surface area contributed by atoms with E-state index in [-0.39, 0.29) is 68.5 Å². The second-order valence-corrected chi connectivity index (χ2v) is 16.3. The fraction of sp³-hybridized carbons (Fsp3) is 0.400. The molecule has 2 saturated heterocycles. The molecule has 3 aromatic carbocycles. The summed E-state index contributed by atoms with van der Waals surface area (Å²) in [4.78, 5) is 87.9. The predicted molar refractivity (Wildman–Crippen MR) is 217 cm³/mol. The Balaban J connectivity index is 1.16. The van der Waals surface area contributed by atoms with Crippen LogP contribution in [-0.2, 0) is 43.6 Å². The first-order valence-electron chi connectivity index (χ1n) is 19.3. The number of nitro benzene ring substituents is 3. The van der Waals surface area contributed by atoms with Crippen LogP contribution in [0.4, 0.5) is 26.7 Å². The Hall–Kier alpha value is -6.65. The lowest BCUT2D eigenvalue weighted by atomic mass is 9.79. The lowest BCUT2D eigenvalue weighted by Gasteiger charge is -2.46. The normalized spacial score (nSPS) is 21.4. The van der Waals surface area contributed by atoms with Gasteiger partial charge in [0.1, 0.15) is 25.5 Å². The average Bonchev–Trinajstić information content (AvgIpc) is 3.78. The van der Waals surface area contributed by atoms with Crippen LogP contribution in [0.1, 0.15) is 43.4 Å². The van der Waals surface area contributed by atoms with E-state index < -0.39 is 80.2 Å². The van der Waals surface area contributed by atoms with Crippen molar-refractivity contribution in [3.05, 3.63) is 130 Å². The van der Waals surface area contributed by atoms with Gasteiger partial charge in [-0.2, -0.15) is 0 Å². The maximum atomic E-state index is 13.8. The summed E-state index contributed by atoms with van der Waals surface area (Å²) in [5.74, 6) is -2.55. The van der Waals surface area contributed by atoms with Crippen LogP contribution in [0, 0.1) is 42.2 Å². The lowest BCUT2D eigenvalue weighted by molar-refractivity contribution is -0.385. The van der Waals surface area contributed by atoms with Crippen molar-refractivity contribution in [2.24, 2.45) is 11.8 Å². The second-order valence-electron chi connectivity index (χ2n) is 14.9. The zero-order chi connectivity index (χ0) is 44.8. The molecule has 21 nitrogen and oxygen atoms in total.